The molecule has 0 aliphatic heterocycles. The molecule has 0 radical (unpaired) electrons. The molecule has 0 amide bonds. The van der Waals surface area contributed by atoms with Crippen molar-refractivity contribution in [2.24, 2.45) is 11.5 Å². The van der Waals surface area contributed by atoms with Gasteiger partial charge in [-0.05, 0) is 29.3 Å². The van der Waals surface area contributed by atoms with Crippen LogP contribution in [0.25, 0.3) is 0 Å². The third-order valence-corrected chi connectivity index (χ3v) is 4.47. The SMILES string of the molecule is N=C(N)c1ccc(OCc2ccc(CN)cc2)c(CC(=O)c2ccccc2)c1. The summed E-state index contributed by atoms with van der Waals surface area (Å²) in [4.78, 5) is 12.6. The van der Waals surface area contributed by atoms with E-state index < -0.39 is 0 Å². The number of hydrogen-bond donors (Lipinski definition) is 3. The summed E-state index contributed by atoms with van der Waals surface area (Å²) in [5.41, 5.74) is 15.2. The molecule has 0 bridgehead atoms. The largest absolute Gasteiger partial charge is 0.489 e. The number of nitrogens with two attached hydrogens (primary N) is 2. The molecule has 142 valence electrons. The third kappa shape index (κ3) is 4.84. The maximum Gasteiger partial charge on any atom is 0.167 e. The molecule has 5 N–H and O–H groups in total. The molecule has 0 spiro atoms. The van der Waals surface area contributed by atoms with E-state index in [4.69, 9.17) is 21.6 Å². The van der Waals surface area contributed by atoms with Crippen LogP contribution in [-0.4, -0.2) is 11.6 Å². The Hall–Kier alpha value is -3.44. The van der Waals surface area contributed by atoms with Crippen LogP contribution in [0.5, 0.6) is 5.75 Å². The van der Waals surface area contributed by atoms with Crippen molar-refractivity contribution in [2.75, 3.05) is 0 Å². The maximum atomic E-state index is 12.6. The highest BCUT2D eigenvalue weighted by Gasteiger charge is 2.13. The second-order valence-corrected chi connectivity index (χ2v) is 6.51. The second kappa shape index (κ2) is 8.97. The lowest BCUT2D eigenvalue weighted by molar-refractivity contribution is 0.0991. The van der Waals surface area contributed by atoms with Gasteiger partial charge in [-0.1, -0.05) is 54.6 Å². The predicted molar refractivity (Wildman–Crippen MR) is 111 cm³/mol. The van der Waals surface area contributed by atoms with Gasteiger partial charge in [-0.3, -0.25) is 10.2 Å². The topological polar surface area (TPSA) is 102 Å². The lowest BCUT2D eigenvalue weighted by Crippen LogP contribution is -2.13. The highest BCUT2D eigenvalue weighted by Crippen LogP contribution is 2.23. The molecular formula is C23H23N3O2. The Morgan fingerprint density at radius 2 is 1.57 bits per heavy atom. The standard InChI is InChI=1S/C23H23N3O2/c24-14-16-6-8-17(9-7-16)15-28-22-11-10-19(23(25)26)12-20(22)13-21(27)18-4-2-1-3-5-18/h1-12H,13-15,24H2,(H3,25,26). The van der Waals surface area contributed by atoms with E-state index in [1.807, 2.05) is 42.5 Å². The fraction of sp³-hybridized carbons (Fsp3) is 0.130. The molecule has 0 fully saturated rings. The van der Waals surface area contributed by atoms with E-state index in [1.165, 1.54) is 0 Å². The zero-order valence-corrected chi connectivity index (χ0v) is 15.5. The van der Waals surface area contributed by atoms with Gasteiger partial charge in [-0.15, -0.1) is 0 Å². The summed E-state index contributed by atoms with van der Waals surface area (Å²) in [6.45, 7) is 0.871. The molecule has 3 rings (SSSR count). The highest BCUT2D eigenvalue weighted by atomic mass is 16.5. The van der Waals surface area contributed by atoms with Gasteiger partial charge in [0.1, 0.15) is 18.2 Å². The van der Waals surface area contributed by atoms with E-state index in [0.29, 0.717) is 35.6 Å². The van der Waals surface area contributed by atoms with Gasteiger partial charge in [0.05, 0.1) is 0 Å². The molecule has 5 nitrogen and oxygen atoms in total. The molecule has 0 saturated carbocycles. The van der Waals surface area contributed by atoms with Crippen molar-refractivity contribution in [3.63, 3.8) is 0 Å². The van der Waals surface area contributed by atoms with Crippen LogP contribution in [0.4, 0.5) is 0 Å². The molecular weight excluding hydrogens is 350 g/mol. The Morgan fingerprint density at radius 1 is 0.893 bits per heavy atom. The van der Waals surface area contributed by atoms with E-state index >= 15 is 0 Å². The molecule has 0 aliphatic rings. The Morgan fingerprint density at radius 3 is 2.21 bits per heavy atom. The fourth-order valence-corrected chi connectivity index (χ4v) is 2.86. The number of amidine groups is 1. The normalized spacial score (nSPS) is 10.5. The van der Waals surface area contributed by atoms with Crippen LogP contribution < -0.4 is 16.2 Å². The van der Waals surface area contributed by atoms with Crippen LogP contribution in [0, 0.1) is 5.41 Å². The average molecular weight is 373 g/mol. The van der Waals surface area contributed by atoms with E-state index in [2.05, 4.69) is 0 Å². The predicted octanol–water partition coefficient (Wildman–Crippen LogP) is 3.43. The molecule has 5 heteroatoms. The van der Waals surface area contributed by atoms with E-state index in [1.54, 1.807) is 30.3 Å². The second-order valence-electron chi connectivity index (χ2n) is 6.51. The number of ketones is 1. The van der Waals surface area contributed by atoms with Crippen molar-refractivity contribution in [2.45, 2.75) is 19.6 Å². The number of hydrogen-bond acceptors (Lipinski definition) is 4. The van der Waals surface area contributed by atoms with Gasteiger partial charge in [0, 0.05) is 29.7 Å². The van der Waals surface area contributed by atoms with Crippen LogP contribution in [0.2, 0.25) is 0 Å². The highest BCUT2D eigenvalue weighted by molar-refractivity contribution is 5.99. The molecule has 0 aromatic heterocycles. The molecule has 0 atom stereocenters. The minimum absolute atomic E-state index is 0.0153. The molecule has 0 unspecified atom stereocenters. The summed E-state index contributed by atoms with van der Waals surface area (Å²) in [7, 11) is 0. The zero-order chi connectivity index (χ0) is 19.9. The number of nitrogen functional groups attached to an aromatic ring is 1. The molecule has 0 heterocycles. The lowest BCUT2D eigenvalue weighted by atomic mass is 10.00. The van der Waals surface area contributed by atoms with Gasteiger partial charge >= 0.3 is 0 Å². The minimum Gasteiger partial charge on any atom is -0.489 e. The third-order valence-electron chi connectivity index (χ3n) is 4.47. The smallest absolute Gasteiger partial charge is 0.167 e. The molecule has 3 aromatic carbocycles. The first kappa shape index (κ1) is 19.3. The Kier molecular flexibility index (Phi) is 6.19. The molecule has 0 saturated heterocycles. The number of ether oxygens (including phenoxy) is 1. The average Bonchev–Trinajstić information content (AvgIpc) is 2.73. The zero-order valence-electron chi connectivity index (χ0n) is 15.5. The van der Waals surface area contributed by atoms with Crippen LogP contribution in [0.1, 0.15) is 32.6 Å². The van der Waals surface area contributed by atoms with Crippen LogP contribution >= 0.6 is 0 Å². The van der Waals surface area contributed by atoms with Crippen molar-refractivity contribution in [3.8, 4) is 5.75 Å². The van der Waals surface area contributed by atoms with E-state index in [-0.39, 0.29) is 18.0 Å². The summed E-state index contributed by atoms with van der Waals surface area (Å²) in [5, 5.41) is 7.67. The van der Waals surface area contributed by atoms with Gasteiger partial charge in [0.15, 0.2) is 5.78 Å². The Labute approximate surface area is 164 Å². The van der Waals surface area contributed by atoms with Crippen molar-refractivity contribution in [1.82, 2.24) is 0 Å². The van der Waals surface area contributed by atoms with Crippen molar-refractivity contribution in [3.05, 3.63) is 101 Å². The van der Waals surface area contributed by atoms with Gasteiger partial charge < -0.3 is 16.2 Å². The number of benzene rings is 3. The first-order chi connectivity index (χ1) is 13.6. The molecule has 28 heavy (non-hydrogen) atoms. The van der Waals surface area contributed by atoms with Crippen LogP contribution in [-0.2, 0) is 19.6 Å². The maximum absolute atomic E-state index is 12.6. The number of carbonyl (C=O) groups excluding carboxylic acids is 1. The molecule has 3 aromatic rings. The summed E-state index contributed by atoms with van der Waals surface area (Å²) < 4.78 is 5.97. The first-order valence-corrected chi connectivity index (χ1v) is 9.03. The van der Waals surface area contributed by atoms with E-state index in [9.17, 15) is 4.79 Å². The minimum atomic E-state index is -0.0441. The van der Waals surface area contributed by atoms with Gasteiger partial charge in [-0.2, -0.15) is 0 Å². The van der Waals surface area contributed by atoms with Crippen molar-refractivity contribution >= 4 is 11.6 Å². The number of nitrogens with one attached hydrogen (secondary N) is 1. The van der Waals surface area contributed by atoms with Gasteiger partial charge in [0.2, 0.25) is 0 Å². The first-order valence-electron chi connectivity index (χ1n) is 9.03. The lowest BCUT2D eigenvalue weighted by Gasteiger charge is -2.13. The monoisotopic (exact) mass is 373 g/mol. The summed E-state index contributed by atoms with van der Waals surface area (Å²) in [6, 6.07) is 22.2. The fourth-order valence-electron chi connectivity index (χ4n) is 2.86. The molecule has 0 aliphatic carbocycles. The van der Waals surface area contributed by atoms with Crippen LogP contribution in [0.15, 0.2) is 72.8 Å². The van der Waals surface area contributed by atoms with E-state index in [0.717, 1.165) is 11.1 Å². The Balaban J connectivity index is 1.81. The Bertz CT molecular complexity index is 967. The number of rotatable bonds is 8. The quantitative estimate of drug-likeness (QED) is 0.320. The van der Waals surface area contributed by atoms with Crippen molar-refractivity contribution in [1.29, 1.82) is 5.41 Å². The van der Waals surface area contributed by atoms with Crippen LogP contribution in [0.3, 0.4) is 0 Å². The van der Waals surface area contributed by atoms with Crippen molar-refractivity contribution < 1.29 is 9.53 Å². The van der Waals surface area contributed by atoms with Gasteiger partial charge in [0.25, 0.3) is 0 Å². The van der Waals surface area contributed by atoms with Gasteiger partial charge in [-0.25, -0.2) is 0 Å². The summed E-state index contributed by atoms with van der Waals surface area (Å²) in [6.07, 6.45) is 0.173. The number of Topliss-reactive ketones (excluding diaryl/α,β-unsaturated/α-hetero) is 1. The summed E-state index contributed by atoms with van der Waals surface area (Å²) in [5.74, 6) is 0.549. The summed E-state index contributed by atoms with van der Waals surface area (Å²) >= 11 is 0. The number of carbonyl (C=O) groups is 1.